The molecule has 1 aliphatic heterocycles. The molecule has 1 aliphatic rings. The maximum atomic E-state index is 11.7. The van der Waals surface area contributed by atoms with E-state index in [1.807, 2.05) is 11.4 Å². The largest absolute Gasteiger partial charge is 0.387 e. The molecular weight excluding hydrogens is 270 g/mol. The Morgan fingerprint density at radius 2 is 2.38 bits per heavy atom. The summed E-state index contributed by atoms with van der Waals surface area (Å²) >= 11 is 0. The molecule has 7 nitrogen and oxygen atoms in total. The van der Waals surface area contributed by atoms with Gasteiger partial charge in [-0.1, -0.05) is 0 Å². The molecule has 0 spiro atoms. The van der Waals surface area contributed by atoms with Gasteiger partial charge in [0.1, 0.15) is 18.5 Å². The van der Waals surface area contributed by atoms with Gasteiger partial charge >= 0.3 is 0 Å². The number of rotatable bonds is 2. The van der Waals surface area contributed by atoms with Gasteiger partial charge in [0.2, 0.25) is 5.91 Å². The van der Waals surface area contributed by atoms with Crippen LogP contribution in [0.25, 0.3) is 5.52 Å². The number of piperidine rings is 1. The van der Waals surface area contributed by atoms with Gasteiger partial charge in [-0.05, 0) is 31.4 Å². The SMILES string of the molecule is Cc1cc(C2CCCN(C(=O)CO)C2)n2ncnc(N)c12. The van der Waals surface area contributed by atoms with E-state index in [9.17, 15) is 4.79 Å². The first-order valence-electron chi connectivity index (χ1n) is 7.09. The van der Waals surface area contributed by atoms with Crippen LogP contribution in [-0.4, -0.2) is 50.2 Å². The number of hydrogen-bond acceptors (Lipinski definition) is 5. The smallest absolute Gasteiger partial charge is 0.248 e. The monoisotopic (exact) mass is 289 g/mol. The summed E-state index contributed by atoms with van der Waals surface area (Å²) in [6.45, 7) is 2.86. The zero-order valence-electron chi connectivity index (χ0n) is 12.0. The lowest BCUT2D eigenvalue weighted by Crippen LogP contribution is -2.40. The highest BCUT2D eigenvalue weighted by molar-refractivity contribution is 5.77. The van der Waals surface area contributed by atoms with E-state index in [2.05, 4.69) is 16.1 Å². The van der Waals surface area contributed by atoms with Crippen LogP contribution in [0.1, 0.15) is 30.0 Å². The van der Waals surface area contributed by atoms with E-state index in [-0.39, 0.29) is 11.8 Å². The van der Waals surface area contributed by atoms with E-state index in [0.717, 1.165) is 29.6 Å². The summed E-state index contributed by atoms with van der Waals surface area (Å²) in [5, 5.41) is 13.3. The molecule has 3 N–H and O–H groups in total. The molecule has 1 saturated heterocycles. The third kappa shape index (κ3) is 2.33. The number of aliphatic hydroxyl groups excluding tert-OH is 1. The number of carbonyl (C=O) groups excluding carboxylic acids is 1. The standard InChI is InChI=1S/C14H19N5O2/c1-9-5-11(19-13(9)14(15)16-8-17-19)10-3-2-4-18(6-10)12(21)7-20/h5,8,10,20H,2-4,6-7H2,1H3,(H2,15,16,17). The van der Waals surface area contributed by atoms with Crippen LogP contribution < -0.4 is 5.73 Å². The number of carbonyl (C=O) groups is 1. The Hall–Kier alpha value is -2.15. The molecule has 7 heteroatoms. The molecular formula is C14H19N5O2. The number of fused-ring (bicyclic) bond motifs is 1. The topological polar surface area (TPSA) is 96.8 Å². The molecule has 0 saturated carbocycles. The van der Waals surface area contributed by atoms with Gasteiger partial charge in [-0.15, -0.1) is 0 Å². The fraction of sp³-hybridized carbons (Fsp3) is 0.500. The maximum Gasteiger partial charge on any atom is 0.248 e. The summed E-state index contributed by atoms with van der Waals surface area (Å²) < 4.78 is 1.83. The highest BCUT2D eigenvalue weighted by Crippen LogP contribution is 2.30. The molecule has 1 atom stereocenters. The molecule has 1 unspecified atom stereocenters. The lowest BCUT2D eigenvalue weighted by molar-refractivity contribution is -0.135. The molecule has 1 fully saturated rings. The minimum Gasteiger partial charge on any atom is -0.387 e. The predicted molar refractivity (Wildman–Crippen MR) is 77.8 cm³/mol. The van der Waals surface area contributed by atoms with Crippen LogP contribution in [0.4, 0.5) is 5.82 Å². The second kappa shape index (κ2) is 5.33. The van der Waals surface area contributed by atoms with Crippen molar-refractivity contribution in [2.45, 2.75) is 25.7 Å². The van der Waals surface area contributed by atoms with Gasteiger partial charge in [-0.2, -0.15) is 5.10 Å². The second-order valence-electron chi connectivity index (χ2n) is 5.49. The van der Waals surface area contributed by atoms with Gasteiger partial charge in [0, 0.05) is 24.7 Å². The van der Waals surface area contributed by atoms with Gasteiger partial charge in [-0.25, -0.2) is 9.50 Å². The third-order valence-corrected chi connectivity index (χ3v) is 4.13. The fourth-order valence-corrected chi connectivity index (χ4v) is 3.12. The van der Waals surface area contributed by atoms with Crippen molar-refractivity contribution in [2.75, 3.05) is 25.4 Å². The van der Waals surface area contributed by atoms with Gasteiger partial charge in [-0.3, -0.25) is 4.79 Å². The zero-order chi connectivity index (χ0) is 15.0. The summed E-state index contributed by atoms with van der Waals surface area (Å²) in [6.07, 6.45) is 3.36. The highest BCUT2D eigenvalue weighted by Gasteiger charge is 2.27. The normalized spacial score (nSPS) is 19.1. The van der Waals surface area contributed by atoms with Crippen LogP contribution in [0.2, 0.25) is 0 Å². The number of aromatic nitrogens is 3. The van der Waals surface area contributed by atoms with Crippen molar-refractivity contribution in [1.29, 1.82) is 0 Å². The molecule has 3 rings (SSSR count). The van der Waals surface area contributed by atoms with Crippen LogP contribution in [0.3, 0.4) is 0 Å². The number of anilines is 1. The van der Waals surface area contributed by atoms with Crippen LogP contribution >= 0.6 is 0 Å². The summed E-state index contributed by atoms with van der Waals surface area (Å²) in [4.78, 5) is 17.4. The third-order valence-electron chi connectivity index (χ3n) is 4.13. The molecule has 3 heterocycles. The Bertz CT molecular complexity index is 681. The average Bonchev–Trinajstić information content (AvgIpc) is 2.85. The second-order valence-corrected chi connectivity index (χ2v) is 5.49. The number of aliphatic hydroxyl groups is 1. The van der Waals surface area contributed by atoms with Gasteiger partial charge in [0.05, 0.1) is 0 Å². The minimum atomic E-state index is -0.435. The van der Waals surface area contributed by atoms with Crippen molar-refractivity contribution in [1.82, 2.24) is 19.5 Å². The minimum absolute atomic E-state index is 0.199. The highest BCUT2D eigenvalue weighted by atomic mass is 16.3. The summed E-state index contributed by atoms with van der Waals surface area (Å²) in [5.74, 6) is 0.448. The van der Waals surface area contributed by atoms with E-state index >= 15 is 0 Å². The first-order valence-corrected chi connectivity index (χ1v) is 7.09. The van der Waals surface area contributed by atoms with Crippen molar-refractivity contribution in [2.24, 2.45) is 0 Å². The first-order chi connectivity index (χ1) is 10.1. The Balaban J connectivity index is 1.97. The Labute approximate surface area is 122 Å². The van der Waals surface area contributed by atoms with Gasteiger partial charge in [0.15, 0.2) is 5.82 Å². The van der Waals surface area contributed by atoms with Crippen LogP contribution in [-0.2, 0) is 4.79 Å². The maximum absolute atomic E-state index is 11.7. The van der Waals surface area contributed by atoms with Crippen molar-refractivity contribution in [3.8, 4) is 0 Å². The first kappa shape index (κ1) is 13.8. The Morgan fingerprint density at radius 1 is 1.57 bits per heavy atom. The van der Waals surface area contributed by atoms with Crippen LogP contribution in [0, 0.1) is 6.92 Å². The molecule has 0 aromatic carbocycles. The number of nitrogens with zero attached hydrogens (tertiary/aromatic N) is 4. The Kier molecular flexibility index (Phi) is 3.50. The van der Waals surface area contributed by atoms with E-state index in [0.29, 0.717) is 18.9 Å². The zero-order valence-corrected chi connectivity index (χ0v) is 12.0. The molecule has 2 aromatic rings. The van der Waals surface area contributed by atoms with Gasteiger partial charge in [0.25, 0.3) is 0 Å². The number of aryl methyl sites for hydroxylation is 1. The molecule has 2 aromatic heterocycles. The predicted octanol–water partition coefficient (Wildman–Crippen LogP) is 0.318. The van der Waals surface area contributed by atoms with Crippen molar-refractivity contribution in [3.05, 3.63) is 23.7 Å². The van der Waals surface area contributed by atoms with E-state index < -0.39 is 6.61 Å². The van der Waals surface area contributed by atoms with Crippen molar-refractivity contribution < 1.29 is 9.90 Å². The summed E-state index contributed by atoms with van der Waals surface area (Å²) in [5.41, 5.74) is 8.84. The number of likely N-dealkylation sites (tertiary alicyclic amines) is 1. The van der Waals surface area contributed by atoms with Crippen molar-refractivity contribution >= 4 is 17.2 Å². The lowest BCUT2D eigenvalue weighted by Gasteiger charge is -2.32. The molecule has 0 bridgehead atoms. The summed E-state index contributed by atoms with van der Waals surface area (Å²) in [7, 11) is 0. The number of nitrogens with two attached hydrogens (primary N) is 1. The van der Waals surface area contributed by atoms with Crippen LogP contribution in [0.15, 0.2) is 12.4 Å². The Morgan fingerprint density at radius 3 is 3.14 bits per heavy atom. The number of nitrogen functional groups attached to an aromatic ring is 1. The fourth-order valence-electron chi connectivity index (χ4n) is 3.12. The molecule has 0 aliphatic carbocycles. The summed E-state index contributed by atoms with van der Waals surface area (Å²) in [6, 6.07) is 2.07. The molecule has 0 radical (unpaired) electrons. The molecule has 21 heavy (non-hydrogen) atoms. The van der Waals surface area contributed by atoms with E-state index in [1.165, 1.54) is 6.33 Å². The quantitative estimate of drug-likeness (QED) is 0.830. The van der Waals surface area contributed by atoms with E-state index in [4.69, 9.17) is 10.8 Å². The van der Waals surface area contributed by atoms with Gasteiger partial charge < -0.3 is 15.7 Å². The number of amides is 1. The lowest BCUT2D eigenvalue weighted by atomic mass is 9.94. The molecule has 1 amide bonds. The number of hydrogen-bond donors (Lipinski definition) is 2. The van der Waals surface area contributed by atoms with E-state index in [1.54, 1.807) is 4.90 Å². The van der Waals surface area contributed by atoms with Crippen molar-refractivity contribution in [3.63, 3.8) is 0 Å². The average molecular weight is 289 g/mol. The molecule has 112 valence electrons. The van der Waals surface area contributed by atoms with Crippen LogP contribution in [0.5, 0.6) is 0 Å².